The van der Waals surface area contributed by atoms with Crippen LogP contribution >= 0.6 is 0 Å². The lowest BCUT2D eigenvalue weighted by molar-refractivity contribution is 0.139. The van der Waals surface area contributed by atoms with Crippen LogP contribution in [0.3, 0.4) is 0 Å². The van der Waals surface area contributed by atoms with Gasteiger partial charge >= 0.3 is 0 Å². The molecule has 0 spiro atoms. The third-order valence-corrected chi connectivity index (χ3v) is 3.53. The Morgan fingerprint density at radius 2 is 2.00 bits per heavy atom. The largest absolute Gasteiger partial charge is 0.396 e. The van der Waals surface area contributed by atoms with Crippen LogP contribution in [0.25, 0.3) is 0 Å². The standard InChI is InChI=1S/C10H19NO/c12-7-8-4-5-10(11-6-8)9-2-1-3-9/h8-12H,1-7H2. The van der Waals surface area contributed by atoms with Gasteiger partial charge in [0.2, 0.25) is 0 Å². The summed E-state index contributed by atoms with van der Waals surface area (Å²) in [6, 6.07) is 0.779. The van der Waals surface area contributed by atoms with Gasteiger partial charge in [0, 0.05) is 19.2 Å². The second-order valence-electron chi connectivity index (χ2n) is 4.33. The van der Waals surface area contributed by atoms with Crippen molar-refractivity contribution in [3.8, 4) is 0 Å². The molecule has 1 saturated carbocycles. The topological polar surface area (TPSA) is 32.3 Å². The molecule has 2 heteroatoms. The number of aliphatic hydroxyl groups excluding tert-OH is 1. The molecule has 2 atom stereocenters. The average molecular weight is 169 g/mol. The van der Waals surface area contributed by atoms with Gasteiger partial charge in [-0.1, -0.05) is 6.42 Å². The summed E-state index contributed by atoms with van der Waals surface area (Å²) in [5.74, 6) is 1.49. The summed E-state index contributed by atoms with van der Waals surface area (Å²) >= 11 is 0. The van der Waals surface area contributed by atoms with Gasteiger partial charge in [0.05, 0.1) is 0 Å². The minimum atomic E-state index is 0.365. The van der Waals surface area contributed by atoms with E-state index < -0.39 is 0 Å². The fourth-order valence-corrected chi connectivity index (χ4v) is 2.34. The lowest BCUT2D eigenvalue weighted by Crippen LogP contribution is -2.46. The van der Waals surface area contributed by atoms with Crippen molar-refractivity contribution in [1.29, 1.82) is 0 Å². The number of piperidine rings is 1. The first kappa shape index (κ1) is 8.52. The fraction of sp³-hybridized carbons (Fsp3) is 1.00. The molecule has 2 fully saturated rings. The van der Waals surface area contributed by atoms with Crippen molar-refractivity contribution >= 4 is 0 Å². The van der Waals surface area contributed by atoms with E-state index in [1.54, 1.807) is 0 Å². The molecule has 2 N–H and O–H groups in total. The molecule has 2 unspecified atom stereocenters. The zero-order valence-electron chi connectivity index (χ0n) is 7.63. The molecule has 1 aliphatic heterocycles. The van der Waals surface area contributed by atoms with Gasteiger partial charge in [0.15, 0.2) is 0 Å². The molecule has 12 heavy (non-hydrogen) atoms. The van der Waals surface area contributed by atoms with Crippen molar-refractivity contribution in [3.63, 3.8) is 0 Å². The fourth-order valence-electron chi connectivity index (χ4n) is 2.34. The van der Waals surface area contributed by atoms with E-state index in [0.29, 0.717) is 12.5 Å². The Morgan fingerprint density at radius 1 is 1.17 bits per heavy atom. The number of nitrogens with one attached hydrogen (secondary N) is 1. The molecule has 2 nitrogen and oxygen atoms in total. The van der Waals surface area contributed by atoms with E-state index in [0.717, 1.165) is 18.5 Å². The first-order chi connectivity index (χ1) is 5.90. The maximum absolute atomic E-state index is 8.95. The zero-order valence-corrected chi connectivity index (χ0v) is 7.63. The first-order valence-corrected chi connectivity index (χ1v) is 5.24. The molecule has 2 aliphatic rings. The van der Waals surface area contributed by atoms with Gasteiger partial charge in [-0.25, -0.2) is 0 Å². The summed E-state index contributed by atoms with van der Waals surface area (Å²) in [6.45, 7) is 1.40. The van der Waals surface area contributed by atoms with Crippen LogP contribution in [0.1, 0.15) is 32.1 Å². The lowest BCUT2D eigenvalue weighted by atomic mass is 9.76. The van der Waals surface area contributed by atoms with Crippen molar-refractivity contribution in [2.24, 2.45) is 11.8 Å². The van der Waals surface area contributed by atoms with Gasteiger partial charge in [-0.3, -0.25) is 0 Å². The summed E-state index contributed by atoms with van der Waals surface area (Å²) in [6.07, 6.45) is 6.82. The number of rotatable bonds is 2. The third-order valence-electron chi connectivity index (χ3n) is 3.53. The molecule has 0 aromatic carbocycles. The first-order valence-electron chi connectivity index (χ1n) is 5.24. The number of hydrogen-bond donors (Lipinski definition) is 2. The molecule has 1 aliphatic carbocycles. The predicted molar refractivity (Wildman–Crippen MR) is 48.9 cm³/mol. The summed E-state index contributed by atoms with van der Waals surface area (Å²) in [7, 11) is 0. The summed E-state index contributed by atoms with van der Waals surface area (Å²) in [5.41, 5.74) is 0. The quantitative estimate of drug-likeness (QED) is 0.650. The van der Waals surface area contributed by atoms with Crippen LogP contribution in [0, 0.1) is 11.8 Å². The van der Waals surface area contributed by atoms with Gasteiger partial charge < -0.3 is 10.4 Å². The number of hydrogen-bond acceptors (Lipinski definition) is 2. The maximum atomic E-state index is 8.95. The van der Waals surface area contributed by atoms with Crippen molar-refractivity contribution in [3.05, 3.63) is 0 Å². The highest BCUT2D eigenvalue weighted by atomic mass is 16.3. The lowest BCUT2D eigenvalue weighted by Gasteiger charge is -2.38. The summed E-state index contributed by atoms with van der Waals surface area (Å²) < 4.78 is 0. The van der Waals surface area contributed by atoms with Crippen molar-refractivity contribution in [2.45, 2.75) is 38.1 Å². The highest BCUT2D eigenvalue weighted by Gasteiger charge is 2.30. The zero-order chi connectivity index (χ0) is 8.39. The van der Waals surface area contributed by atoms with Crippen LogP contribution in [-0.4, -0.2) is 24.3 Å². The molecule has 0 aromatic rings. The second-order valence-corrected chi connectivity index (χ2v) is 4.33. The Bertz CT molecular complexity index is 137. The van der Waals surface area contributed by atoms with E-state index in [9.17, 15) is 0 Å². The average Bonchev–Trinajstić information content (AvgIpc) is 2.03. The van der Waals surface area contributed by atoms with E-state index in [-0.39, 0.29) is 0 Å². The van der Waals surface area contributed by atoms with E-state index in [1.807, 2.05) is 0 Å². The van der Waals surface area contributed by atoms with E-state index in [2.05, 4.69) is 5.32 Å². The Labute approximate surface area is 74.4 Å². The maximum Gasteiger partial charge on any atom is 0.0471 e. The second kappa shape index (κ2) is 3.75. The Kier molecular flexibility index (Phi) is 2.66. The van der Waals surface area contributed by atoms with Crippen LogP contribution in [0.4, 0.5) is 0 Å². The highest BCUT2D eigenvalue weighted by molar-refractivity contribution is 4.86. The molecule has 1 heterocycles. The third kappa shape index (κ3) is 1.64. The van der Waals surface area contributed by atoms with Gasteiger partial charge in [-0.05, 0) is 37.5 Å². The van der Waals surface area contributed by atoms with Crippen molar-refractivity contribution in [2.75, 3.05) is 13.2 Å². The highest BCUT2D eigenvalue weighted by Crippen LogP contribution is 2.33. The number of aliphatic hydroxyl groups is 1. The molecule has 0 bridgehead atoms. The molecule has 2 rings (SSSR count). The molecule has 1 saturated heterocycles. The van der Waals surface area contributed by atoms with Crippen LogP contribution in [0.2, 0.25) is 0 Å². The molecule has 70 valence electrons. The van der Waals surface area contributed by atoms with E-state index >= 15 is 0 Å². The monoisotopic (exact) mass is 169 g/mol. The molecule has 0 radical (unpaired) electrons. The summed E-state index contributed by atoms with van der Waals surface area (Å²) in [5, 5.41) is 12.5. The van der Waals surface area contributed by atoms with Crippen LogP contribution in [-0.2, 0) is 0 Å². The Morgan fingerprint density at radius 3 is 2.42 bits per heavy atom. The minimum absolute atomic E-state index is 0.365. The van der Waals surface area contributed by atoms with Crippen molar-refractivity contribution < 1.29 is 5.11 Å². The molecule has 0 aromatic heterocycles. The van der Waals surface area contributed by atoms with Gasteiger partial charge in [0.25, 0.3) is 0 Å². The molecule has 0 amide bonds. The minimum Gasteiger partial charge on any atom is -0.396 e. The molecular formula is C10H19NO. The van der Waals surface area contributed by atoms with Crippen LogP contribution in [0.15, 0.2) is 0 Å². The van der Waals surface area contributed by atoms with Crippen molar-refractivity contribution in [1.82, 2.24) is 5.32 Å². The Balaban J connectivity index is 1.74. The van der Waals surface area contributed by atoms with Gasteiger partial charge in [0.1, 0.15) is 0 Å². The van der Waals surface area contributed by atoms with Gasteiger partial charge in [-0.2, -0.15) is 0 Å². The molecular weight excluding hydrogens is 150 g/mol. The predicted octanol–water partition coefficient (Wildman–Crippen LogP) is 1.15. The van der Waals surface area contributed by atoms with E-state index in [4.69, 9.17) is 5.11 Å². The van der Waals surface area contributed by atoms with Gasteiger partial charge in [-0.15, -0.1) is 0 Å². The normalized spacial score (nSPS) is 37.8. The SMILES string of the molecule is OCC1CCC(C2CCC2)NC1. The van der Waals surface area contributed by atoms with Crippen LogP contribution < -0.4 is 5.32 Å². The summed E-state index contributed by atoms with van der Waals surface area (Å²) in [4.78, 5) is 0. The Hall–Kier alpha value is -0.0800. The van der Waals surface area contributed by atoms with Crippen LogP contribution in [0.5, 0.6) is 0 Å². The van der Waals surface area contributed by atoms with E-state index in [1.165, 1.54) is 32.1 Å². The smallest absolute Gasteiger partial charge is 0.0471 e.